The summed E-state index contributed by atoms with van der Waals surface area (Å²) in [7, 11) is 0. The average molecular weight is 338 g/mol. The van der Waals surface area contributed by atoms with Crippen LogP contribution in [0, 0.1) is 0 Å². The maximum atomic E-state index is 12.8. The van der Waals surface area contributed by atoms with E-state index in [1.54, 1.807) is 11.8 Å². The van der Waals surface area contributed by atoms with Crippen LogP contribution in [0.2, 0.25) is 0 Å². The number of hydrogen-bond donors (Lipinski definition) is 0. The highest BCUT2D eigenvalue weighted by molar-refractivity contribution is 8.04. The largest absolute Gasteiger partial charge is 0.288 e. The summed E-state index contributed by atoms with van der Waals surface area (Å²) in [6, 6.07) is 26.8. The van der Waals surface area contributed by atoms with E-state index in [2.05, 4.69) is 60.7 Å². The van der Waals surface area contributed by atoms with Gasteiger partial charge in [-0.1, -0.05) is 72.4 Å². The summed E-state index contributed by atoms with van der Waals surface area (Å²) in [6.07, 6.45) is 2.07. The molecule has 5 rings (SSSR count). The van der Waals surface area contributed by atoms with Crippen molar-refractivity contribution in [3.05, 3.63) is 94.9 Å². The first kappa shape index (κ1) is 14.5. The van der Waals surface area contributed by atoms with Crippen LogP contribution in [0.4, 0.5) is 0 Å². The van der Waals surface area contributed by atoms with Crippen LogP contribution in [0.25, 0.3) is 27.6 Å². The predicted octanol–water partition coefficient (Wildman–Crippen LogP) is 6.32. The average Bonchev–Trinajstić information content (AvgIpc) is 2.97. The molecule has 0 aromatic heterocycles. The smallest absolute Gasteiger partial charge is 0.200 e. The Morgan fingerprint density at radius 1 is 0.720 bits per heavy atom. The van der Waals surface area contributed by atoms with Crippen molar-refractivity contribution in [3.63, 3.8) is 0 Å². The lowest BCUT2D eigenvalue weighted by atomic mass is 9.96. The van der Waals surface area contributed by atoms with Gasteiger partial charge in [-0.25, -0.2) is 0 Å². The Kier molecular flexibility index (Phi) is 3.25. The van der Waals surface area contributed by atoms with Crippen LogP contribution in [-0.2, 0) is 0 Å². The van der Waals surface area contributed by atoms with Gasteiger partial charge in [-0.2, -0.15) is 0 Å². The Labute approximate surface area is 150 Å². The van der Waals surface area contributed by atoms with Gasteiger partial charge in [0.05, 0.1) is 4.91 Å². The molecule has 0 amide bonds. The monoisotopic (exact) mass is 338 g/mol. The minimum absolute atomic E-state index is 0.123. The Morgan fingerprint density at radius 2 is 1.32 bits per heavy atom. The molecule has 25 heavy (non-hydrogen) atoms. The quantitative estimate of drug-likeness (QED) is 0.298. The van der Waals surface area contributed by atoms with Gasteiger partial charge in [-0.15, -0.1) is 0 Å². The zero-order chi connectivity index (χ0) is 16.8. The Balaban J connectivity index is 1.79. The van der Waals surface area contributed by atoms with Crippen molar-refractivity contribution in [2.24, 2.45) is 0 Å². The highest BCUT2D eigenvalue weighted by atomic mass is 32.2. The van der Waals surface area contributed by atoms with Gasteiger partial charge in [0.2, 0.25) is 5.78 Å². The molecule has 0 spiro atoms. The number of carbonyl (C=O) groups is 1. The molecule has 0 radical (unpaired) electrons. The summed E-state index contributed by atoms with van der Waals surface area (Å²) >= 11 is 1.57. The van der Waals surface area contributed by atoms with Gasteiger partial charge in [0, 0.05) is 10.5 Å². The first-order valence-electron chi connectivity index (χ1n) is 8.25. The third-order valence-corrected chi connectivity index (χ3v) is 5.76. The van der Waals surface area contributed by atoms with Crippen LogP contribution in [0.3, 0.4) is 0 Å². The van der Waals surface area contributed by atoms with Crippen molar-refractivity contribution >= 4 is 45.2 Å². The first-order chi connectivity index (χ1) is 12.3. The number of thioether (sulfide) groups is 1. The molecule has 1 nitrogen and oxygen atoms in total. The van der Waals surface area contributed by atoms with E-state index >= 15 is 0 Å². The van der Waals surface area contributed by atoms with E-state index < -0.39 is 0 Å². The van der Waals surface area contributed by atoms with Crippen molar-refractivity contribution < 1.29 is 4.79 Å². The van der Waals surface area contributed by atoms with Crippen LogP contribution in [0.5, 0.6) is 0 Å². The lowest BCUT2D eigenvalue weighted by Gasteiger charge is -2.09. The van der Waals surface area contributed by atoms with Crippen molar-refractivity contribution in [2.75, 3.05) is 0 Å². The molecule has 1 heterocycles. The van der Waals surface area contributed by atoms with Crippen LogP contribution >= 0.6 is 11.8 Å². The zero-order valence-corrected chi connectivity index (χ0v) is 14.2. The maximum absolute atomic E-state index is 12.8. The van der Waals surface area contributed by atoms with E-state index in [0.29, 0.717) is 0 Å². The molecule has 1 aliphatic rings. The number of benzene rings is 4. The predicted molar refractivity (Wildman–Crippen MR) is 106 cm³/mol. The van der Waals surface area contributed by atoms with E-state index in [9.17, 15) is 4.79 Å². The Morgan fingerprint density at radius 3 is 2.00 bits per heavy atom. The highest BCUT2D eigenvalue weighted by Gasteiger charge is 2.25. The van der Waals surface area contributed by atoms with E-state index in [1.807, 2.05) is 24.3 Å². The van der Waals surface area contributed by atoms with Gasteiger partial charge in [-0.3, -0.25) is 4.79 Å². The number of ketones is 1. The normalized spacial score (nSPS) is 15.2. The number of allylic oxidation sites excluding steroid dienone is 1. The molecule has 0 N–H and O–H groups in total. The fourth-order valence-corrected chi connectivity index (χ4v) is 4.50. The minimum Gasteiger partial charge on any atom is -0.288 e. The second-order valence-electron chi connectivity index (χ2n) is 6.17. The standard InChI is InChI=1S/C23H14OS/c24-23-19-11-5-6-12-21(19)25-22(23)14-20-17-9-3-1-7-15(17)13-16-8-2-4-10-18(16)20/h1-14H. The van der Waals surface area contributed by atoms with E-state index in [-0.39, 0.29) is 5.78 Å². The molecule has 1 aliphatic heterocycles. The fraction of sp³-hybridized carbons (Fsp3) is 0. The van der Waals surface area contributed by atoms with E-state index in [0.717, 1.165) is 20.9 Å². The van der Waals surface area contributed by atoms with Crippen molar-refractivity contribution in [2.45, 2.75) is 4.90 Å². The molecular weight excluding hydrogens is 324 g/mol. The molecule has 4 aromatic carbocycles. The number of carbonyl (C=O) groups excluding carboxylic acids is 1. The molecule has 0 unspecified atom stereocenters. The molecule has 0 bridgehead atoms. The summed E-state index contributed by atoms with van der Waals surface area (Å²) in [6.45, 7) is 0. The number of rotatable bonds is 1. The molecule has 0 fully saturated rings. The molecule has 118 valence electrons. The van der Waals surface area contributed by atoms with E-state index in [4.69, 9.17) is 0 Å². The van der Waals surface area contributed by atoms with Crippen molar-refractivity contribution in [3.8, 4) is 0 Å². The third-order valence-electron chi connectivity index (χ3n) is 4.66. The molecule has 0 saturated heterocycles. The highest BCUT2D eigenvalue weighted by Crippen LogP contribution is 2.42. The van der Waals surface area contributed by atoms with Crippen LogP contribution in [-0.4, -0.2) is 5.78 Å². The zero-order valence-electron chi connectivity index (χ0n) is 13.4. The number of hydrogen-bond acceptors (Lipinski definition) is 2. The number of fused-ring (bicyclic) bond motifs is 3. The fourth-order valence-electron chi connectivity index (χ4n) is 3.47. The van der Waals surface area contributed by atoms with Crippen LogP contribution in [0.15, 0.2) is 88.7 Å². The molecule has 0 aliphatic carbocycles. The van der Waals surface area contributed by atoms with Gasteiger partial charge in [0.1, 0.15) is 0 Å². The SMILES string of the molecule is O=C1C(=Cc2c3ccccc3cc3ccccc23)Sc2ccccc21. The second kappa shape index (κ2) is 5.61. The van der Waals surface area contributed by atoms with Crippen LogP contribution < -0.4 is 0 Å². The Hall–Kier alpha value is -2.84. The van der Waals surface area contributed by atoms with Crippen molar-refractivity contribution in [1.29, 1.82) is 0 Å². The lowest BCUT2D eigenvalue weighted by molar-refractivity contribution is 0.104. The maximum Gasteiger partial charge on any atom is 0.200 e. The lowest BCUT2D eigenvalue weighted by Crippen LogP contribution is -1.94. The first-order valence-corrected chi connectivity index (χ1v) is 9.07. The second-order valence-corrected chi connectivity index (χ2v) is 7.25. The molecule has 0 atom stereocenters. The van der Waals surface area contributed by atoms with Gasteiger partial charge in [0.25, 0.3) is 0 Å². The Bertz CT molecular complexity index is 1130. The molecule has 4 aromatic rings. The van der Waals surface area contributed by atoms with Gasteiger partial charge in [-0.05, 0) is 51.4 Å². The third kappa shape index (κ3) is 2.30. The van der Waals surface area contributed by atoms with E-state index in [1.165, 1.54) is 21.5 Å². The minimum atomic E-state index is 0.123. The summed E-state index contributed by atoms with van der Waals surface area (Å²) in [5.41, 5.74) is 1.93. The molecule has 0 saturated carbocycles. The molecular formula is C23H14OS. The van der Waals surface area contributed by atoms with Gasteiger partial charge in [0.15, 0.2) is 0 Å². The summed E-state index contributed by atoms with van der Waals surface area (Å²) < 4.78 is 0. The van der Waals surface area contributed by atoms with Gasteiger partial charge < -0.3 is 0 Å². The summed E-state index contributed by atoms with van der Waals surface area (Å²) in [5.74, 6) is 0.123. The molecule has 2 heteroatoms. The summed E-state index contributed by atoms with van der Waals surface area (Å²) in [4.78, 5) is 14.6. The topological polar surface area (TPSA) is 17.1 Å². The van der Waals surface area contributed by atoms with Crippen molar-refractivity contribution in [1.82, 2.24) is 0 Å². The van der Waals surface area contributed by atoms with Gasteiger partial charge >= 0.3 is 0 Å². The summed E-state index contributed by atoms with van der Waals surface area (Å²) in [5, 5.41) is 4.75. The number of Topliss-reactive ketones (excluding diaryl/α,β-unsaturated/α-hetero) is 1. The van der Waals surface area contributed by atoms with Crippen LogP contribution in [0.1, 0.15) is 15.9 Å².